The van der Waals surface area contributed by atoms with Gasteiger partial charge in [0, 0.05) is 27.2 Å². The topological polar surface area (TPSA) is 45.7 Å². The molecule has 0 fully saturated rings. The van der Waals surface area contributed by atoms with Gasteiger partial charge >= 0.3 is 0 Å². The summed E-state index contributed by atoms with van der Waals surface area (Å²) in [5.41, 5.74) is 2.20. The van der Waals surface area contributed by atoms with E-state index in [4.69, 9.17) is 4.74 Å². The Morgan fingerprint density at radius 2 is 1.76 bits per heavy atom. The fourth-order valence-corrected chi connectivity index (χ4v) is 2.39. The molecule has 0 radical (unpaired) electrons. The summed E-state index contributed by atoms with van der Waals surface area (Å²) in [6, 6.07) is 16.6. The van der Waals surface area contributed by atoms with Gasteiger partial charge in [-0.3, -0.25) is 4.99 Å². The van der Waals surface area contributed by atoms with E-state index < -0.39 is 0 Å². The Morgan fingerprint density at radius 3 is 2.36 bits per heavy atom. The molecule has 2 N–H and O–H groups in total. The Kier molecular flexibility index (Phi) is 10.1. The molecule has 0 aliphatic heterocycles. The minimum Gasteiger partial charge on any atom is -0.375 e. The number of hydrogen-bond donors (Lipinski definition) is 2. The van der Waals surface area contributed by atoms with Crippen molar-refractivity contribution in [2.75, 3.05) is 27.2 Å². The van der Waals surface area contributed by atoms with E-state index in [1.165, 1.54) is 17.7 Å². The predicted octanol–water partition coefficient (Wildman–Crippen LogP) is 3.54. The number of nitrogens with one attached hydrogen (secondary N) is 2. The number of aliphatic imine (C=N–C) groups is 1. The molecule has 0 saturated heterocycles. The van der Waals surface area contributed by atoms with E-state index in [0.29, 0.717) is 6.54 Å². The molecule has 0 saturated carbocycles. The number of nitrogens with zero attached hydrogens (tertiary/aromatic N) is 1. The molecule has 6 heteroatoms. The van der Waals surface area contributed by atoms with Crippen LogP contribution >= 0.6 is 24.0 Å². The summed E-state index contributed by atoms with van der Waals surface area (Å²) in [5.74, 6) is 0.468. The van der Waals surface area contributed by atoms with Gasteiger partial charge < -0.3 is 15.4 Å². The number of halogens is 2. The Bertz CT molecular complexity index is 635. The zero-order valence-electron chi connectivity index (χ0n) is 14.5. The number of ether oxygens (including phenoxy) is 1. The molecule has 2 rings (SSSR count). The summed E-state index contributed by atoms with van der Waals surface area (Å²) in [7, 11) is 3.37. The van der Waals surface area contributed by atoms with Crippen molar-refractivity contribution in [3.63, 3.8) is 0 Å². The molecule has 1 unspecified atom stereocenters. The highest BCUT2D eigenvalue weighted by molar-refractivity contribution is 14.0. The average molecular weight is 457 g/mol. The Morgan fingerprint density at radius 1 is 1.08 bits per heavy atom. The highest BCUT2D eigenvalue weighted by atomic mass is 127. The first kappa shape index (κ1) is 21.4. The minimum atomic E-state index is -0.250. The average Bonchev–Trinajstić information content (AvgIpc) is 2.63. The molecule has 0 aliphatic rings. The molecular formula is C19H25FIN3O. The van der Waals surface area contributed by atoms with Gasteiger partial charge in [-0.2, -0.15) is 0 Å². The maximum atomic E-state index is 13.0. The first-order chi connectivity index (χ1) is 11.7. The van der Waals surface area contributed by atoms with Crippen LogP contribution in [0.15, 0.2) is 59.6 Å². The Labute approximate surface area is 165 Å². The number of hydrogen-bond acceptors (Lipinski definition) is 2. The molecule has 0 amide bonds. The van der Waals surface area contributed by atoms with Gasteiger partial charge in [-0.05, 0) is 29.7 Å². The lowest BCUT2D eigenvalue weighted by Gasteiger charge is -2.18. The molecule has 0 bridgehead atoms. The van der Waals surface area contributed by atoms with Crippen LogP contribution in [-0.4, -0.2) is 33.2 Å². The van der Waals surface area contributed by atoms with Gasteiger partial charge in [0.05, 0.1) is 6.10 Å². The van der Waals surface area contributed by atoms with Crippen molar-refractivity contribution in [3.05, 3.63) is 71.5 Å². The Hall–Kier alpha value is -1.67. The smallest absolute Gasteiger partial charge is 0.191 e. The van der Waals surface area contributed by atoms with Crippen LogP contribution in [-0.2, 0) is 11.2 Å². The maximum absolute atomic E-state index is 13.0. The van der Waals surface area contributed by atoms with Crippen molar-refractivity contribution in [1.29, 1.82) is 0 Å². The van der Waals surface area contributed by atoms with Crippen molar-refractivity contribution < 1.29 is 9.13 Å². The summed E-state index contributed by atoms with van der Waals surface area (Å²) in [6.07, 6.45) is 0.756. The van der Waals surface area contributed by atoms with Gasteiger partial charge in [0.2, 0.25) is 0 Å². The quantitative estimate of drug-likeness (QED) is 0.380. The summed E-state index contributed by atoms with van der Waals surface area (Å²) >= 11 is 0. The van der Waals surface area contributed by atoms with E-state index in [1.807, 2.05) is 18.2 Å². The van der Waals surface area contributed by atoms with Crippen LogP contribution in [0, 0.1) is 5.82 Å². The molecule has 1 atom stereocenters. The zero-order valence-corrected chi connectivity index (χ0v) is 16.9. The van der Waals surface area contributed by atoms with E-state index in [2.05, 4.69) is 27.8 Å². The molecule has 136 valence electrons. The molecule has 0 aliphatic carbocycles. The predicted molar refractivity (Wildman–Crippen MR) is 111 cm³/mol. The van der Waals surface area contributed by atoms with Crippen LogP contribution in [0.5, 0.6) is 0 Å². The van der Waals surface area contributed by atoms with Crippen LogP contribution in [0.1, 0.15) is 17.2 Å². The fraction of sp³-hybridized carbons (Fsp3) is 0.316. The van der Waals surface area contributed by atoms with Crippen LogP contribution < -0.4 is 10.6 Å². The van der Waals surface area contributed by atoms with E-state index in [1.54, 1.807) is 26.3 Å². The summed E-state index contributed by atoms with van der Waals surface area (Å²) in [6.45, 7) is 1.34. The summed E-state index contributed by atoms with van der Waals surface area (Å²) < 4.78 is 18.5. The van der Waals surface area contributed by atoms with Crippen LogP contribution in [0.25, 0.3) is 0 Å². The minimum absolute atomic E-state index is 0. The van der Waals surface area contributed by atoms with E-state index >= 15 is 0 Å². The third kappa shape index (κ3) is 7.39. The fourth-order valence-electron chi connectivity index (χ4n) is 2.39. The van der Waals surface area contributed by atoms with E-state index in [0.717, 1.165) is 24.5 Å². The summed E-state index contributed by atoms with van der Waals surface area (Å²) in [4.78, 5) is 4.21. The molecule has 25 heavy (non-hydrogen) atoms. The number of benzene rings is 2. The molecule has 4 nitrogen and oxygen atoms in total. The van der Waals surface area contributed by atoms with Crippen LogP contribution in [0.3, 0.4) is 0 Å². The molecule has 0 heterocycles. The van der Waals surface area contributed by atoms with Gasteiger partial charge in [-0.15, -0.1) is 24.0 Å². The first-order valence-corrected chi connectivity index (χ1v) is 7.99. The molecular weight excluding hydrogens is 432 g/mol. The van der Waals surface area contributed by atoms with Crippen molar-refractivity contribution in [1.82, 2.24) is 10.6 Å². The van der Waals surface area contributed by atoms with Gasteiger partial charge in [0.15, 0.2) is 5.96 Å². The van der Waals surface area contributed by atoms with Gasteiger partial charge in [0.25, 0.3) is 0 Å². The SMILES string of the molecule is CN=C(NCCc1ccccc1)NCC(OC)c1ccc(F)cc1.I. The third-order valence-electron chi connectivity index (χ3n) is 3.75. The standard InChI is InChI=1S/C19H24FN3O.HI/c1-21-19(22-13-12-15-6-4-3-5-7-15)23-14-18(24-2)16-8-10-17(20)11-9-16;/h3-11,18H,12-14H2,1-2H3,(H2,21,22,23);1H. The lowest BCUT2D eigenvalue weighted by Crippen LogP contribution is -2.40. The number of rotatable bonds is 7. The first-order valence-electron chi connectivity index (χ1n) is 7.99. The second-order valence-electron chi connectivity index (χ2n) is 5.39. The van der Waals surface area contributed by atoms with Crippen molar-refractivity contribution in [2.45, 2.75) is 12.5 Å². The third-order valence-corrected chi connectivity index (χ3v) is 3.75. The van der Waals surface area contributed by atoms with Crippen LogP contribution in [0.2, 0.25) is 0 Å². The van der Waals surface area contributed by atoms with Gasteiger partial charge in [-0.1, -0.05) is 42.5 Å². The number of guanidine groups is 1. The monoisotopic (exact) mass is 457 g/mol. The highest BCUT2D eigenvalue weighted by Crippen LogP contribution is 2.16. The summed E-state index contributed by atoms with van der Waals surface area (Å²) in [5, 5.41) is 6.52. The van der Waals surface area contributed by atoms with E-state index in [-0.39, 0.29) is 35.9 Å². The largest absolute Gasteiger partial charge is 0.375 e. The second kappa shape index (κ2) is 11.8. The normalized spacial score (nSPS) is 12.2. The lowest BCUT2D eigenvalue weighted by atomic mass is 10.1. The lowest BCUT2D eigenvalue weighted by molar-refractivity contribution is 0.106. The highest BCUT2D eigenvalue weighted by Gasteiger charge is 2.11. The van der Waals surface area contributed by atoms with Crippen molar-refractivity contribution >= 4 is 29.9 Å². The van der Waals surface area contributed by atoms with Gasteiger partial charge in [0.1, 0.15) is 5.82 Å². The van der Waals surface area contributed by atoms with Crippen LogP contribution in [0.4, 0.5) is 4.39 Å². The van der Waals surface area contributed by atoms with Crippen molar-refractivity contribution in [2.24, 2.45) is 4.99 Å². The molecule has 2 aromatic carbocycles. The second-order valence-corrected chi connectivity index (χ2v) is 5.39. The van der Waals surface area contributed by atoms with E-state index in [9.17, 15) is 4.39 Å². The Balaban J connectivity index is 0.00000312. The number of methoxy groups -OCH3 is 1. The van der Waals surface area contributed by atoms with Gasteiger partial charge in [-0.25, -0.2) is 4.39 Å². The molecule has 0 aromatic heterocycles. The molecule has 0 spiro atoms. The molecule has 2 aromatic rings. The zero-order chi connectivity index (χ0) is 17.2. The van der Waals surface area contributed by atoms with Crippen molar-refractivity contribution in [3.8, 4) is 0 Å². The maximum Gasteiger partial charge on any atom is 0.191 e.